The molecule has 1 aliphatic carbocycles. The minimum absolute atomic E-state index is 0.180. The van der Waals surface area contributed by atoms with Gasteiger partial charge >= 0.3 is 0 Å². The lowest BCUT2D eigenvalue weighted by molar-refractivity contribution is 0.0531. The zero-order valence-electron chi connectivity index (χ0n) is 16.7. The highest BCUT2D eigenvalue weighted by atomic mass is 19.1. The van der Waals surface area contributed by atoms with Gasteiger partial charge in [-0.1, -0.05) is 37.3 Å². The number of hydrogen-bond acceptors (Lipinski definition) is 4. The van der Waals surface area contributed by atoms with Gasteiger partial charge in [0.2, 0.25) is 5.95 Å². The van der Waals surface area contributed by atoms with E-state index in [0.29, 0.717) is 23.5 Å². The molecule has 1 unspecified atom stereocenters. The number of halogens is 1. The van der Waals surface area contributed by atoms with Crippen LogP contribution < -0.4 is 4.90 Å². The van der Waals surface area contributed by atoms with Gasteiger partial charge in [0.1, 0.15) is 5.82 Å². The Bertz CT molecular complexity index is 1070. The molecule has 4 nitrogen and oxygen atoms in total. The van der Waals surface area contributed by atoms with Crippen LogP contribution in [0.3, 0.4) is 0 Å². The first kappa shape index (κ1) is 18.3. The van der Waals surface area contributed by atoms with Crippen molar-refractivity contribution in [2.24, 2.45) is 0 Å². The van der Waals surface area contributed by atoms with Crippen LogP contribution in [0.25, 0.3) is 11.1 Å². The molecule has 0 amide bonds. The maximum Gasteiger partial charge on any atom is 0.229 e. The molecule has 1 aliphatic heterocycles. The van der Waals surface area contributed by atoms with Crippen LogP contribution in [0.2, 0.25) is 0 Å². The van der Waals surface area contributed by atoms with E-state index in [1.165, 1.54) is 11.6 Å². The maximum absolute atomic E-state index is 14.1. The van der Waals surface area contributed by atoms with Gasteiger partial charge in [-0.25, -0.2) is 14.4 Å². The van der Waals surface area contributed by atoms with E-state index in [9.17, 15) is 9.50 Å². The SMILES string of the molecule is CCC(C)(O)c1ccc2c(c1)N(c1ncc(-c3ccccc3F)cn1)CC21CC1. The van der Waals surface area contributed by atoms with Crippen molar-refractivity contribution >= 4 is 11.6 Å². The highest BCUT2D eigenvalue weighted by molar-refractivity contribution is 5.73. The summed E-state index contributed by atoms with van der Waals surface area (Å²) in [6, 6.07) is 13.0. The Morgan fingerprint density at radius 3 is 2.52 bits per heavy atom. The van der Waals surface area contributed by atoms with Crippen LogP contribution in [0, 0.1) is 5.82 Å². The summed E-state index contributed by atoms with van der Waals surface area (Å²) < 4.78 is 14.1. The molecule has 1 saturated carbocycles. The van der Waals surface area contributed by atoms with Crippen molar-refractivity contribution in [2.45, 2.75) is 44.1 Å². The zero-order chi connectivity index (χ0) is 20.2. The fourth-order valence-electron chi connectivity index (χ4n) is 4.27. The normalized spacial score (nSPS) is 18.6. The second-order valence-electron chi connectivity index (χ2n) is 8.48. The summed E-state index contributed by atoms with van der Waals surface area (Å²) in [5.74, 6) is 0.335. The summed E-state index contributed by atoms with van der Waals surface area (Å²) in [5, 5.41) is 10.7. The molecule has 3 aromatic rings. The van der Waals surface area contributed by atoms with Crippen LogP contribution >= 0.6 is 0 Å². The number of aromatic nitrogens is 2. The van der Waals surface area contributed by atoms with E-state index < -0.39 is 5.60 Å². The molecule has 1 N–H and O–H groups in total. The summed E-state index contributed by atoms with van der Waals surface area (Å²) >= 11 is 0. The molecular weight excluding hydrogens is 365 g/mol. The molecule has 1 aromatic heterocycles. The first-order chi connectivity index (χ1) is 13.9. The molecule has 0 bridgehead atoms. The zero-order valence-corrected chi connectivity index (χ0v) is 16.7. The molecule has 1 fully saturated rings. The fourth-order valence-corrected chi connectivity index (χ4v) is 4.27. The molecular formula is C24H24FN3O. The molecule has 1 atom stereocenters. The standard InChI is InChI=1S/C24H24FN3O/c1-3-23(2,29)17-8-9-19-21(12-17)28(15-24(19)10-11-24)22-26-13-16(14-27-22)18-6-4-5-7-20(18)25/h4-9,12-14,29H,3,10-11,15H2,1-2H3. The van der Waals surface area contributed by atoms with E-state index in [1.54, 1.807) is 30.6 Å². The van der Waals surface area contributed by atoms with Crippen molar-refractivity contribution in [1.29, 1.82) is 0 Å². The Balaban J connectivity index is 1.53. The van der Waals surface area contributed by atoms with Gasteiger partial charge in [-0.15, -0.1) is 0 Å². The van der Waals surface area contributed by atoms with E-state index in [0.717, 1.165) is 30.6 Å². The Labute approximate surface area is 170 Å². The summed E-state index contributed by atoms with van der Waals surface area (Å²) in [5.41, 5.74) is 3.78. The van der Waals surface area contributed by atoms with Gasteiger partial charge in [0.25, 0.3) is 0 Å². The first-order valence-corrected chi connectivity index (χ1v) is 10.2. The Morgan fingerprint density at radius 1 is 1.14 bits per heavy atom. The average Bonchev–Trinajstić information content (AvgIpc) is 3.45. The minimum atomic E-state index is -0.866. The van der Waals surface area contributed by atoms with Crippen molar-refractivity contribution in [3.8, 4) is 11.1 Å². The van der Waals surface area contributed by atoms with Crippen LogP contribution in [-0.4, -0.2) is 21.6 Å². The Morgan fingerprint density at radius 2 is 1.86 bits per heavy atom. The van der Waals surface area contributed by atoms with Crippen LogP contribution in [0.1, 0.15) is 44.2 Å². The van der Waals surface area contributed by atoms with Crippen molar-refractivity contribution in [2.75, 3.05) is 11.4 Å². The molecule has 2 heterocycles. The number of hydrogen-bond donors (Lipinski definition) is 1. The van der Waals surface area contributed by atoms with Crippen LogP contribution in [0.5, 0.6) is 0 Å². The van der Waals surface area contributed by atoms with Crippen LogP contribution in [-0.2, 0) is 11.0 Å². The Kier molecular flexibility index (Phi) is 4.00. The average molecular weight is 389 g/mol. The number of nitrogens with zero attached hydrogens (tertiary/aromatic N) is 3. The molecule has 0 radical (unpaired) electrons. The second kappa shape index (κ2) is 6.36. The number of rotatable bonds is 4. The van der Waals surface area contributed by atoms with Gasteiger partial charge in [0.05, 0.1) is 5.60 Å². The maximum atomic E-state index is 14.1. The molecule has 5 rings (SSSR count). The molecule has 29 heavy (non-hydrogen) atoms. The van der Waals surface area contributed by atoms with Gasteiger partial charge in [-0.05, 0) is 49.4 Å². The third kappa shape index (κ3) is 2.92. The Hall–Kier alpha value is -2.79. The highest BCUT2D eigenvalue weighted by Crippen LogP contribution is 2.58. The van der Waals surface area contributed by atoms with Gasteiger partial charge in [-0.2, -0.15) is 0 Å². The van der Waals surface area contributed by atoms with Crippen LogP contribution in [0.15, 0.2) is 54.9 Å². The quantitative estimate of drug-likeness (QED) is 0.676. The molecule has 148 valence electrons. The van der Waals surface area contributed by atoms with E-state index >= 15 is 0 Å². The summed E-state index contributed by atoms with van der Waals surface area (Å²) in [6.45, 7) is 4.68. The highest BCUT2D eigenvalue weighted by Gasteiger charge is 2.52. The van der Waals surface area contributed by atoms with Crippen molar-refractivity contribution in [3.05, 3.63) is 71.8 Å². The number of benzene rings is 2. The lowest BCUT2D eigenvalue weighted by Gasteiger charge is -2.24. The molecule has 1 spiro atoms. The summed E-state index contributed by atoms with van der Waals surface area (Å²) in [6.07, 6.45) is 6.33. The molecule has 2 aliphatic rings. The number of anilines is 2. The van der Waals surface area contributed by atoms with Crippen molar-refractivity contribution < 1.29 is 9.50 Å². The van der Waals surface area contributed by atoms with Gasteiger partial charge in [0, 0.05) is 41.2 Å². The first-order valence-electron chi connectivity index (χ1n) is 10.2. The van der Waals surface area contributed by atoms with Crippen molar-refractivity contribution in [3.63, 3.8) is 0 Å². The van der Waals surface area contributed by atoms with E-state index in [1.807, 2.05) is 19.9 Å². The second-order valence-corrected chi connectivity index (χ2v) is 8.48. The summed E-state index contributed by atoms with van der Waals surface area (Å²) in [4.78, 5) is 11.3. The van der Waals surface area contributed by atoms with Gasteiger partial charge in [0.15, 0.2) is 0 Å². The van der Waals surface area contributed by atoms with E-state index in [2.05, 4.69) is 27.0 Å². The number of fused-ring (bicyclic) bond motifs is 2. The van der Waals surface area contributed by atoms with Gasteiger partial charge < -0.3 is 10.0 Å². The smallest absolute Gasteiger partial charge is 0.229 e. The molecule has 0 saturated heterocycles. The number of aliphatic hydroxyl groups is 1. The predicted octanol–water partition coefficient (Wildman–Crippen LogP) is 5.08. The topological polar surface area (TPSA) is 49.2 Å². The van der Waals surface area contributed by atoms with Crippen LogP contribution in [0.4, 0.5) is 16.0 Å². The third-order valence-corrected chi connectivity index (χ3v) is 6.55. The third-order valence-electron chi connectivity index (χ3n) is 6.55. The van der Waals surface area contributed by atoms with Crippen molar-refractivity contribution in [1.82, 2.24) is 9.97 Å². The van der Waals surface area contributed by atoms with E-state index in [-0.39, 0.29) is 11.2 Å². The summed E-state index contributed by atoms with van der Waals surface area (Å²) in [7, 11) is 0. The lowest BCUT2D eigenvalue weighted by atomic mass is 9.90. The monoisotopic (exact) mass is 389 g/mol. The predicted molar refractivity (Wildman–Crippen MR) is 112 cm³/mol. The lowest BCUT2D eigenvalue weighted by Crippen LogP contribution is -2.22. The fraction of sp³-hybridized carbons (Fsp3) is 0.333. The largest absolute Gasteiger partial charge is 0.385 e. The van der Waals surface area contributed by atoms with Gasteiger partial charge in [-0.3, -0.25) is 0 Å². The molecule has 2 aromatic carbocycles. The molecule has 5 heteroatoms. The van der Waals surface area contributed by atoms with E-state index in [4.69, 9.17) is 0 Å². The minimum Gasteiger partial charge on any atom is -0.385 e.